The Balaban J connectivity index is 1.27. The zero-order chi connectivity index (χ0) is 25.5. The molecule has 6 heteroatoms. The number of rotatable bonds is 9. The molecule has 1 aliphatic heterocycles. The SMILES string of the molecule is CC(C)(C)c1ccc(OCCCOc2cccc(C=C3SC(=S)N(Cc4ccccc4)C3=O)c2)cc1. The Hall–Kier alpha value is -3.09. The molecule has 3 aromatic rings. The lowest BCUT2D eigenvalue weighted by Gasteiger charge is -2.19. The van der Waals surface area contributed by atoms with Gasteiger partial charge in [0.05, 0.1) is 24.7 Å². The van der Waals surface area contributed by atoms with Crippen molar-refractivity contribution in [1.82, 2.24) is 4.90 Å². The van der Waals surface area contributed by atoms with Crippen molar-refractivity contribution in [2.75, 3.05) is 13.2 Å². The van der Waals surface area contributed by atoms with E-state index in [1.807, 2.05) is 72.8 Å². The van der Waals surface area contributed by atoms with Crippen molar-refractivity contribution < 1.29 is 14.3 Å². The summed E-state index contributed by atoms with van der Waals surface area (Å²) in [6.45, 7) is 8.21. The van der Waals surface area contributed by atoms with Crippen molar-refractivity contribution in [1.29, 1.82) is 0 Å². The third kappa shape index (κ3) is 6.99. The largest absolute Gasteiger partial charge is 0.493 e. The molecule has 3 aromatic carbocycles. The third-order valence-corrected chi connectivity index (χ3v) is 7.14. The van der Waals surface area contributed by atoms with Crippen molar-refractivity contribution in [2.24, 2.45) is 0 Å². The zero-order valence-corrected chi connectivity index (χ0v) is 22.5. The van der Waals surface area contributed by atoms with Crippen LogP contribution in [0.15, 0.2) is 83.8 Å². The van der Waals surface area contributed by atoms with Gasteiger partial charge in [0.25, 0.3) is 5.91 Å². The van der Waals surface area contributed by atoms with Gasteiger partial charge in [0, 0.05) is 6.42 Å². The molecule has 1 amide bonds. The molecule has 0 N–H and O–H groups in total. The number of carbonyl (C=O) groups is 1. The maximum absolute atomic E-state index is 12.9. The van der Waals surface area contributed by atoms with E-state index < -0.39 is 0 Å². The van der Waals surface area contributed by atoms with Crippen LogP contribution in [0.4, 0.5) is 0 Å². The number of nitrogens with zero attached hydrogens (tertiary/aromatic N) is 1. The molecule has 1 saturated heterocycles. The molecule has 0 aliphatic carbocycles. The van der Waals surface area contributed by atoms with E-state index in [0.717, 1.165) is 29.0 Å². The van der Waals surface area contributed by atoms with Gasteiger partial charge in [-0.05, 0) is 52.4 Å². The Morgan fingerprint density at radius 3 is 2.28 bits per heavy atom. The molecule has 186 valence electrons. The smallest absolute Gasteiger partial charge is 0.266 e. The van der Waals surface area contributed by atoms with E-state index in [4.69, 9.17) is 21.7 Å². The van der Waals surface area contributed by atoms with Crippen molar-refractivity contribution >= 4 is 40.3 Å². The fraction of sp³-hybridized carbons (Fsp3) is 0.267. The van der Waals surface area contributed by atoms with Crippen LogP contribution < -0.4 is 9.47 Å². The third-order valence-electron chi connectivity index (χ3n) is 5.76. The normalized spacial score (nSPS) is 15.0. The topological polar surface area (TPSA) is 38.8 Å². The van der Waals surface area contributed by atoms with E-state index in [-0.39, 0.29) is 11.3 Å². The second kappa shape index (κ2) is 11.8. The van der Waals surface area contributed by atoms with Gasteiger partial charge < -0.3 is 9.47 Å². The molecule has 0 bridgehead atoms. The summed E-state index contributed by atoms with van der Waals surface area (Å²) < 4.78 is 12.4. The van der Waals surface area contributed by atoms with Gasteiger partial charge in [-0.3, -0.25) is 9.69 Å². The first-order valence-electron chi connectivity index (χ1n) is 12.0. The summed E-state index contributed by atoms with van der Waals surface area (Å²) in [7, 11) is 0. The van der Waals surface area contributed by atoms with E-state index in [2.05, 4.69) is 32.9 Å². The molecule has 0 unspecified atom stereocenters. The van der Waals surface area contributed by atoms with Gasteiger partial charge in [-0.15, -0.1) is 0 Å². The Morgan fingerprint density at radius 1 is 0.889 bits per heavy atom. The van der Waals surface area contributed by atoms with Gasteiger partial charge in [0.15, 0.2) is 0 Å². The number of ether oxygens (including phenoxy) is 2. The predicted octanol–water partition coefficient (Wildman–Crippen LogP) is 7.23. The Bertz CT molecular complexity index is 1230. The van der Waals surface area contributed by atoms with E-state index in [1.54, 1.807) is 4.90 Å². The van der Waals surface area contributed by atoms with Crippen LogP contribution in [0.3, 0.4) is 0 Å². The minimum Gasteiger partial charge on any atom is -0.493 e. The lowest BCUT2D eigenvalue weighted by Crippen LogP contribution is -2.27. The van der Waals surface area contributed by atoms with Gasteiger partial charge in [-0.25, -0.2) is 0 Å². The van der Waals surface area contributed by atoms with Gasteiger partial charge >= 0.3 is 0 Å². The van der Waals surface area contributed by atoms with Crippen LogP contribution in [0.1, 0.15) is 43.9 Å². The van der Waals surface area contributed by atoms with E-state index >= 15 is 0 Å². The first kappa shape index (κ1) is 26.0. The lowest BCUT2D eigenvalue weighted by atomic mass is 9.87. The maximum atomic E-state index is 12.9. The molecule has 0 saturated carbocycles. The molecule has 0 atom stereocenters. The second-order valence-electron chi connectivity index (χ2n) is 9.65. The lowest BCUT2D eigenvalue weighted by molar-refractivity contribution is -0.122. The molecule has 0 radical (unpaired) electrons. The van der Waals surface area contributed by atoms with Crippen molar-refractivity contribution in [2.45, 2.75) is 39.2 Å². The predicted molar refractivity (Wildman–Crippen MR) is 152 cm³/mol. The summed E-state index contributed by atoms with van der Waals surface area (Å²) >= 11 is 6.80. The van der Waals surface area contributed by atoms with Crippen LogP contribution in [0, 0.1) is 0 Å². The average molecular weight is 518 g/mol. The monoisotopic (exact) mass is 517 g/mol. The Morgan fingerprint density at radius 2 is 1.58 bits per heavy atom. The van der Waals surface area contributed by atoms with E-state index in [9.17, 15) is 4.79 Å². The highest BCUT2D eigenvalue weighted by molar-refractivity contribution is 8.26. The fourth-order valence-electron chi connectivity index (χ4n) is 3.74. The summed E-state index contributed by atoms with van der Waals surface area (Å²) in [5.74, 6) is 1.57. The van der Waals surface area contributed by atoms with Crippen LogP contribution in [0.2, 0.25) is 0 Å². The quantitative estimate of drug-likeness (QED) is 0.170. The van der Waals surface area contributed by atoms with Gasteiger partial charge in [0.1, 0.15) is 15.8 Å². The molecule has 1 aliphatic rings. The number of hydrogen-bond acceptors (Lipinski definition) is 5. The molecular formula is C30H31NO3S2. The first-order valence-corrected chi connectivity index (χ1v) is 13.3. The summed E-state index contributed by atoms with van der Waals surface area (Å²) in [6, 6.07) is 25.9. The molecule has 1 heterocycles. The van der Waals surface area contributed by atoms with Crippen LogP contribution in [0.25, 0.3) is 6.08 Å². The number of carbonyl (C=O) groups excluding carboxylic acids is 1. The van der Waals surface area contributed by atoms with Crippen molar-refractivity contribution in [3.8, 4) is 11.5 Å². The van der Waals surface area contributed by atoms with Crippen LogP contribution in [-0.2, 0) is 16.8 Å². The summed E-state index contributed by atoms with van der Waals surface area (Å²) in [5.41, 5.74) is 3.38. The fourth-order valence-corrected chi connectivity index (χ4v) is 4.99. The van der Waals surface area contributed by atoms with Crippen LogP contribution in [0.5, 0.6) is 11.5 Å². The summed E-state index contributed by atoms with van der Waals surface area (Å²) in [6.07, 6.45) is 2.64. The molecule has 0 aromatic heterocycles. The van der Waals surface area contributed by atoms with Crippen molar-refractivity contribution in [3.05, 3.63) is 100 Å². The maximum Gasteiger partial charge on any atom is 0.266 e. The van der Waals surface area contributed by atoms with Crippen molar-refractivity contribution in [3.63, 3.8) is 0 Å². The molecular weight excluding hydrogens is 486 g/mol. The Kier molecular flexibility index (Phi) is 8.49. The first-order chi connectivity index (χ1) is 17.3. The minimum atomic E-state index is -0.0622. The standard InChI is InChI=1S/C30H31NO3S2/c1-30(2,3)24-13-15-25(16-14-24)33-17-8-18-34-26-12-7-11-23(19-26)20-27-28(32)31(29(35)36-27)21-22-9-5-4-6-10-22/h4-7,9-16,19-20H,8,17-18,21H2,1-3H3. The summed E-state index contributed by atoms with van der Waals surface area (Å²) in [4.78, 5) is 15.2. The van der Waals surface area contributed by atoms with Crippen LogP contribution in [-0.4, -0.2) is 28.3 Å². The Labute approximate surface area is 223 Å². The highest BCUT2D eigenvalue weighted by Crippen LogP contribution is 2.34. The summed E-state index contributed by atoms with van der Waals surface area (Å²) in [5, 5.41) is 0. The molecule has 4 nitrogen and oxygen atoms in total. The molecule has 0 spiro atoms. The van der Waals surface area contributed by atoms with Crippen LogP contribution >= 0.6 is 24.0 Å². The molecule has 1 fully saturated rings. The van der Waals surface area contributed by atoms with Gasteiger partial charge in [0.2, 0.25) is 0 Å². The molecule has 36 heavy (non-hydrogen) atoms. The van der Waals surface area contributed by atoms with Gasteiger partial charge in [-0.1, -0.05) is 99.3 Å². The van der Waals surface area contributed by atoms with E-state index in [1.165, 1.54) is 17.3 Å². The van der Waals surface area contributed by atoms with Gasteiger partial charge in [-0.2, -0.15) is 0 Å². The molecule has 4 rings (SSSR count). The number of amides is 1. The second-order valence-corrected chi connectivity index (χ2v) is 11.3. The highest BCUT2D eigenvalue weighted by Gasteiger charge is 2.31. The number of benzene rings is 3. The number of hydrogen-bond donors (Lipinski definition) is 0. The minimum absolute atomic E-state index is 0.0622. The van der Waals surface area contributed by atoms with E-state index in [0.29, 0.717) is 29.0 Å². The number of thiocarbonyl (C=S) groups is 1. The zero-order valence-electron chi connectivity index (χ0n) is 20.9. The average Bonchev–Trinajstić information content (AvgIpc) is 3.12. The number of thioether (sulfide) groups is 1. The highest BCUT2D eigenvalue weighted by atomic mass is 32.2.